The van der Waals surface area contributed by atoms with Gasteiger partial charge in [0.2, 0.25) is 0 Å². The van der Waals surface area contributed by atoms with Crippen LogP contribution in [0.2, 0.25) is 0 Å². The Morgan fingerprint density at radius 2 is 2.06 bits per heavy atom. The number of likely N-dealkylation sites (N-methyl/N-ethyl adjacent to an activating group) is 1. The summed E-state index contributed by atoms with van der Waals surface area (Å²) in [7, 11) is 2.03. The van der Waals surface area contributed by atoms with Crippen molar-refractivity contribution in [3.05, 3.63) is 15.9 Å². The first-order valence-electron chi connectivity index (χ1n) is 6.92. The molecule has 0 aliphatic rings. The Labute approximate surface area is 119 Å². The predicted molar refractivity (Wildman–Crippen MR) is 80.9 cm³/mol. The van der Waals surface area contributed by atoms with Crippen LogP contribution in [0.25, 0.3) is 0 Å². The van der Waals surface area contributed by atoms with Crippen molar-refractivity contribution < 1.29 is 0 Å². The highest BCUT2D eigenvalue weighted by Gasteiger charge is 2.20. The topological polar surface area (TPSA) is 29.9 Å². The van der Waals surface area contributed by atoms with Crippen molar-refractivity contribution >= 4 is 15.9 Å². The molecule has 1 N–H and O–H groups in total. The third-order valence-corrected chi connectivity index (χ3v) is 4.60. The Bertz CT molecular complexity index is 373. The van der Waals surface area contributed by atoms with Gasteiger partial charge in [0.1, 0.15) is 0 Å². The zero-order valence-corrected chi connectivity index (χ0v) is 13.8. The minimum atomic E-state index is 0.529. The number of nitrogens with one attached hydrogen (secondary N) is 1. The van der Waals surface area contributed by atoms with E-state index in [-0.39, 0.29) is 0 Å². The van der Waals surface area contributed by atoms with E-state index in [1.54, 1.807) is 0 Å². The molecule has 0 aliphatic carbocycles. The first-order valence-corrected chi connectivity index (χ1v) is 7.71. The van der Waals surface area contributed by atoms with Crippen LogP contribution in [0.4, 0.5) is 0 Å². The SMILES string of the molecule is CCCC(C)C(Cc1c(Br)c(C)nn1C)NCC. The monoisotopic (exact) mass is 315 g/mol. The molecule has 3 nitrogen and oxygen atoms in total. The molecule has 2 atom stereocenters. The fraction of sp³-hybridized carbons (Fsp3) is 0.786. The predicted octanol–water partition coefficient (Wildman–Crippen LogP) is 3.45. The third kappa shape index (κ3) is 3.82. The second-order valence-electron chi connectivity index (χ2n) is 5.10. The van der Waals surface area contributed by atoms with Crippen molar-refractivity contribution in [1.29, 1.82) is 0 Å². The number of rotatable bonds is 7. The van der Waals surface area contributed by atoms with Crippen LogP contribution in [0.1, 0.15) is 45.0 Å². The molecule has 0 aliphatic heterocycles. The number of halogens is 1. The van der Waals surface area contributed by atoms with Crippen LogP contribution in [-0.4, -0.2) is 22.4 Å². The van der Waals surface area contributed by atoms with Gasteiger partial charge in [-0.1, -0.05) is 27.2 Å². The van der Waals surface area contributed by atoms with Gasteiger partial charge in [-0.05, 0) is 41.7 Å². The van der Waals surface area contributed by atoms with E-state index >= 15 is 0 Å². The van der Waals surface area contributed by atoms with Crippen LogP contribution in [-0.2, 0) is 13.5 Å². The lowest BCUT2D eigenvalue weighted by Gasteiger charge is -2.24. The molecule has 0 fully saturated rings. The van der Waals surface area contributed by atoms with Gasteiger partial charge in [-0.3, -0.25) is 4.68 Å². The molecule has 0 saturated heterocycles. The highest BCUT2D eigenvalue weighted by atomic mass is 79.9. The minimum Gasteiger partial charge on any atom is -0.314 e. The van der Waals surface area contributed by atoms with E-state index in [2.05, 4.69) is 47.1 Å². The number of aryl methyl sites for hydroxylation is 2. The van der Waals surface area contributed by atoms with Crippen LogP contribution in [0.5, 0.6) is 0 Å². The molecule has 0 aromatic carbocycles. The van der Waals surface area contributed by atoms with E-state index in [1.807, 2.05) is 18.7 Å². The van der Waals surface area contributed by atoms with E-state index in [1.165, 1.54) is 18.5 Å². The normalized spacial score (nSPS) is 14.8. The summed E-state index contributed by atoms with van der Waals surface area (Å²) in [5, 5.41) is 8.09. The molecule has 0 bridgehead atoms. The summed E-state index contributed by atoms with van der Waals surface area (Å²) in [6.45, 7) is 9.84. The molecule has 4 heteroatoms. The van der Waals surface area contributed by atoms with Gasteiger partial charge < -0.3 is 5.32 Å². The minimum absolute atomic E-state index is 0.529. The molecular weight excluding hydrogens is 290 g/mol. The Morgan fingerprint density at radius 1 is 1.39 bits per heavy atom. The summed E-state index contributed by atoms with van der Waals surface area (Å²) in [4.78, 5) is 0. The second kappa shape index (κ2) is 7.29. The van der Waals surface area contributed by atoms with Crippen molar-refractivity contribution in [1.82, 2.24) is 15.1 Å². The Balaban J connectivity index is 2.82. The van der Waals surface area contributed by atoms with Crippen LogP contribution >= 0.6 is 15.9 Å². The molecule has 2 unspecified atom stereocenters. The molecule has 0 amide bonds. The zero-order chi connectivity index (χ0) is 13.7. The number of aromatic nitrogens is 2. The van der Waals surface area contributed by atoms with Gasteiger partial charge in [-0.25, -0.2) is 0 Å². The lowest BCUT2D eigenvalue weighted by molar-refractivity contribution is 0.352. The maximum atomic E-state index is 4.47. The highest BCUT2D eigenvalue weighted by molar-refractivity contribution is 9.10. The van der Waals surface area contributed by atoms with Gasteiger partial charge in [-0.15, -0.1) is 0 Å². The van der Waals surface area contributed by atoms with E-state index in [0.717, 1.165) is 23.1 Å². The van der Waals surface area contributed by atoms with Gasteiger partial charge in [0.15, 0.2) is 0 Å². The average molecular weight is 316 g/mol. The van der Waals surface area contributed by atoms with E-state index in [0.29, 0.717) is 12.0 Å². The summed E-state index contributed by atoms with van der Waals surface area (Å²) >= 11 is 3.66. The fourth-order valence-electron chi connectivity index (χ4n) is 2.50. The Morgan fingerprint density at radius 3 is 2.50 bits per heavy atom. The van der Waals surface area contributed by atoms with Crippen molar-refractivity contribution in [2.24, 2.45) is 13.0 Å². The average Bonchev–Trinajstić information content (AvgIpc) is 2.55. The van der Waals surface area contributed by atoms with E-state index in [9.17, 15) is 0 Å². The summed E-state index contributed by atoms with van der Waals surface area (Å²) in [6.07, 6.45) is 3.55. The van der Waals surface area contributed by atoms with E-state index in [4.69, 9.17) is 0 Å². The molecule has 0 spiro atoms. The zero-order valence-electron chi connectivity index (χ0n) is 12.3. The van der Waals surface area contributed by atoms with Gasteiger partial charge in [0.05, 0.1) is 15.9 Å². The highest BCUT2D eigenvalue weighted by Crippen LogP contribution is 2.24. The van der Waals surface area contributed by atoms with Crippen molar-refractivity contribution in [2.45, 2.75) is 53.0 Å². The molecule has 1 aromatic rings. The summed E-state index contributed by atoms with van der Waals surface area (Å²) < 4.78 is 3.17. The molecule has 0 radical (unpaired) electrons. The molecule has 1 heterocycles. The smallest absolute Gasteiger partial charge is 0.0738 e. The quantitative estimate of drug-likeness (QED) is 0.835. The summed E-state index contributed by atoms with van der Waals surface area (Å²) in [5.41, 5.74) is 2.37. The summed E-state index contributed by atoms with van der Waals surface area (Å²) in [5.74, 6) is 0.692. The van der Waals surface area contributed by atoms with E-state index < -0.39 is 0 Å². The standard InChI is InChI=1S/C14H26BrN3/c1-6-8-10(3)12(16-7-2)9-13-14(15)11(4)17-18(13)5/h10,12,16H,6-9H2,1-5H3. The molecule has 1 rings (SSSR count). The van der Waals surface area contributed by atoms with Crippen molar-refractivity contribution in [3.8, 4) is 0 Å². The van der Waals surface area contributed by atoms with Crippen molar-refractivity contribution in [3.63, 3.8) is 0 Å². The number of hydrogen-bond donors (Lipinski definition) is 1. The van der Waals surface area contributed by atoms with Crippen LogP contribution in [0, 0.1) is 12.8 Å². The second-order valence-corrected chi connectivity index (χ2v) is 5.90. The third-order valence-electron chi connectivity index (χ3n) is 3.57. The first-order chi connectivity index (χ1) is 8.51. The van der Waals surface area contributed by atoms with Gasteiger partial charge in [0, 0.05) is 19.5 Å². The lowest BCUT2D eigenvalue weighted by Crippen LogP contribution is -2.37. The molecule has 0 saturated carbocycles. The largest absolute Gasteiger partial charge is 0.314 e. The molecular formula is C14H26BrN3. The summed E-state index contributed by atoms with van der Waals surface area (Å²) in [6, 6.07) is 0.529. The van der Waals surface area contributed by atoms with Crippen LogP contribution in [0.15, 0.2) is 4.47 Å². The number of nitrogens with zero attached hydrogens (tertiary/aromatic N) is 2. The number of hydrogen-bond acceptors (Lipinski definition) is 2. The Hall–Kier alpha value is -0.350. The molecule has 18 heavy (non-hydrogen) atoms. The van der Waals surface area contributed by atoms with Crippen LogP contribution < -0.4 is 5.32 Å². The van der Waals surface area contributed by atoms with Gasteiger partial charge >= 0.3 is 0 Å². The van der Waals surface area contributed by atoms with Crippen LogP contribution in [0.3, 0.4) is 0 Å². The van der Waals surface area contributed by atoms with Gasteiger partial charge in [-0.2, -0.15) is 5.10 Å². The fourth-order valence-corrected chi connectivity index (χ4v) is 3.00. The van der Waals surface area contributed by atoms with Gasteiger partial charge in [0.25, 0.3) is 0 Å². The lowest BCUT2D eigenvalue weighted by atomic mass is 9.93. The maximum absolute atomic E-state index is 4.47. The maximum Gasteiger partial charge on any atom is 0.0738 e. The first kappa shape index (κ1) is 15.7. The van der Waals surface area contributed by atoms with Crippen molar-refractivity contribution in [2.75, 3.05) is 6.54 Å². The molecule has 1 aromatic heterocycles. The Kier molecular flexibility index (Phi) is 6.36. The molecule has 104 valence electrons.